The zero-order valence-electron chi connectivity index (χ0n) is 11.2. The summed E-state index contributed by atoms with van der Waals surface area (Å²) in [5.74, 6) is -1.31. The van der Waals surface area contributed by atoms with Crippen molar-refractivity contribution in [3.05, 3.63) is 34.9 Å². The van der Waals surface area contributed by atoms with Gasteiger partial charge in [0.1, 0.15) is 0 Å². The average Bonchev–Trinajstić information content (AvgIpc) is 2.27. The van der Waals surface area contributed by atoms with Gasteiger partial charge < -0.3 is 10.2 Å². The molecule has 0 spiro atoms. The predicted octanol–water partition coefficient (Wildman–Crippen LogP) is 2.24. The highest BCUT2D eigenvalue weighted by Crippen LogP contribution is 2.14. The van der Waals surface area contributed by atoms with Gasteiger partial charge in [-0.3, -0.25) is 9.69 Å². The number of carboxylic acid groups (broad SMARTS) is 1. The lowest BCUT2D eigenvalue weighted by Gasteiger charge is -2.25. The van der Waals surface area contributed by atoms with Crippen molar-refractivity contribution in [2.45, 2.75) is 26.5 Å². The third kappa shape index (κ3) is 6.05. The van der Waals surface area contributed by atoms with Crippen molar-refractivity contribution < 1.29 is 15.0 Å². The first-order valence-corrected chi connectivity index (χ1v) is 6.64. The Kier molecular flexibility index (Phi) is 6.28. The van der Waals surface area contributed by atoms with Gasteiger partial charge in [0.05, 0.1) is 12.0 Å². The summed E-state index contributed by atoms with van der Waals surface area (Å²) in [6.07, 6.45) is -0.500. The summed E-state index contributed by atoms with van der Waals surface area (Å²) >= 11 is 5.93. The third-order valence-electron chi connectivity index (χ3n) is 2.77. The van der Waals surface area contributed by atoms with Gasteiger partial charge in [-0.15, -0.1) is 0 Å². The Morgan fingerprint density at radius 3 is 2.58 bits per heavy atom. The summed E-state index contributed by atoms with van der Waals surface area (Å²) in [5, 5.41) is 19.1. The molecule has 2 N–H and O–H groups in total. The first-order chi connectivity index (χ1) is 8.88. The van der Waals surface area contributed by atoms with E-state index in [0.717, 1.165) is 5.56 Å². The van der Waals surface area contributed by atoms with Crippen LogP contribution in [0.4, 0.5) is 0 Å². The number of aliphatic hydroxyl groups excluding tert-OH is 1. The molecule has 2 atom stereocenters. The number of benzene rings is 1. The van der Waals surface area contributed by atoms with E-state index in [9.17, 15) is 9.90 Å². The maximum atomic E-state index is 10.9. The number of aliphatic hydroxyl groups is 1. The molecule has 0 saturated heterocycles. The molecule has 0 radical (unpaired) electrons. The van der Waals surface area contributed by atoms with Gasteiger partial charge in [0, 0.05) is 24.7 Å². The minimum Gasteiger partial charge on any atom is -0.481 e. The fraction of sp³-hybridized carbons (Fsp3) is 0.500. The molecule has 0 aliphatic carbocycles. The summed E-state index contributed by atoms with van der Waals surface area (Å²) in [7, 11) is 0. The average molecular weight is 286 g/mol. The van der Waals surface area contributed by atoms with Crippen molar-refractivity contribution >= 4 is 17.6 Å². The molecule has 19 heavy (non-hydrogen) atoms. The summed E-state index contributed by atoms with van der Waals surface area (Å²) in [6.45, 7) is 4.76. The highest BCUT2D eigenvalue weighted by Gasteiger charge is 2.17. The first kappa shape index (κ1) is 16.0. The van der Waals surface area contributed by atoms with Crippen molar-refractivity contribution in [1.29, 1.82) is 0 Å². The molecule has 0 fully saturated rings. The zero-order valence-corrected chi connectivity index (χ0v) is 12.0. The van der Waals surface area contributed by atoms with Crippen molar-refractivity contribution in [2.75, 3.05) is 13.1 Å². The van der Waals surface area contributed by atoms with Crippen LogP contribution in [0.3, 0.4) is 0 Å². The largest absolute Gasteiger partial charge is 0.481 e. The number of aliphatic carboxylic acids is 1. The maximum Gasteiger partial charge on any atom is 0.307 e. The number of carbonyl (C=O) groups is 1. The molecule has 1 aromatic carbocycles. The topological polar surface area (TPSA) is 60.8 Å². The Bertz CT molecular complexity index is 423. The Balaban J connectivity index is 2.71. The molecule has 0 heterocycles. The SMILES string of the molecule is CC(O)CN(Cc1cccc(Cl)c1)CC(C)C(=O)O. The molecule has 106 valence electrons. The Labute approximate surface area is 118 Å². The molecule has 1 rings (SSSR count). The van der Waals surface area contributed by atoms with E-state index < -0.39 is 18.0 Å². The lowest BCUT2D eigenvalue weighted by atomic mass is 10.1. The van der Waals surface area contributed by atoms with Crippen LogP contribution >= 0.6 is 11.6 Å². The molecular weight excluding hydrogens is 266 g/mol. The second-order valence-electron chi connectivity index (χ2n) is 4.91. The lowest BCUT2D eigenvalue weighted by Crippen LogP contribution is -2.36. The minimum absolute atomic E-state index is 0.396. The highest BCUT2D eigenvalue weighted by atomic mass is 35.5. The van der Waals surface area contributed by atoms with Crippen LogP contribution in [0.1, 0.15) is 19.4 Å². The molecule has 0 bridgehead atoms. The number of hydrogen-bond donors (Lipinski definition) is 2. The van der Waals surface area contributed by atoms with Gasteiger partial charge in [-0.2, -0.15) is 0 Å². The van der Waals surface area contributed by atoms with Crippen molar-refractivity contribution in [3.63, 3.8) is 0 Å². The summed E-state index contributed by atoms with van der Waals surface area (Å²) in [6, 6.07) is 7.44. The van der Waals surface area contributed by atoms with Gasteiger partial charge in [-0.25, -0.2) is 0 Å². The molecular formula is C14H20ClNO3. The van der Waals surface area contributed by atoms with Gasteiger partial charge in [-0.1, -0.05) is 30.7 Å². The first-order valence-electron chi connectivity index (χ1n) is 6.26. The fourth-order valence-electron chi connectivity index (χ4n) is 1.94. The minimum atomic E-state index is -0.832. The van der Waals surface area contributed by atoms with E-state index in [-0.39, 0.29) is 0 Å². The van der Waals surface area contributed by atoms with Crippen LogP contribution in [0.15, 0.2) is 24.3 Å². The molecule has 2 unspecified atom stereocenters. The maximum absolute atomic E-state index is 10.9. The molecule has 5 heteroatoms. The van der Waals surface area contributed by atoms with Crippen LogP contribution in [0.5, 0.6) is 0 Å². The molecule has 1 aromatic rings. The number of hydrogen-bond acceptors (Lipinski definition) is 3. The van der Waals surface area contributed by atoms with Gasteiger partial charge in [-0.05, 0) is 24.6 Å². The molecule has 0 aromatic heterocycles. The summed E-state index contributed by atoms with van der Waals surface area (Å²) < 4.78 is 0. The van der Waals surface area contributed by atoms with E-state index in [4.69, 9.17) is 16.7 Å². The second-order valence-corrected chi connectivity index (χ2v) is 5.35. The van der Waals surface area contributed by atoms with Crippen molar-refractivity contribution in [1.82, 2.24) is 4.90 Å². The van der Waals surface area contributed by atoms with Crippen molar-refractivity contribution in [2.24, 2.45) is 5.92 Å². The standard InChI is InChI=1S/C14H20ClNO3/c1-10(14(18)19)7-16(8-11(2)17)9-12-4-3-5-13(15)6-12/h3-6,10-11,17H,7-9H2,1-2H3,(H,18,19). The van der Waals surface area contributed by atoms with Crippen LogP contribution in [0.2, 0.25) is 5.02 Å². The van der Waals surface area contributed by atoms with Crippen LogP contribution in [0.25, 0.3) is 0 Å². The fourth-order valence-corrected chi connectivity index (χ4v) is 2.15. The van der Waals surface area contributed by atoms with E-state index in [2.05, 4.69) is 0 Å². The number of carboxylic acids is 1. The highest BCUT2D eigenvalue weighted by molar-refractivity contribution is 6.30. The van der Waals surface area contributed by atoms with Gasteiger partial charge in [0.15, 0.2) is 0 Å². The van der Waals surface area contributed by atoms with Crippen molar-refractivity contribution in [3.8, 4) is 0 Å². The summed E-state index contributed by atoms with van der Waals surface area (Å²) in [4.78, 5) is 12.8. The number of rotatable bonds is 7. The van der Waals surface area contributed by atoms with Gasteiger partial charge in [0.25, 0.3) is 0 Å². The normalized spacial score (nSPS) is 14.4. The lowest BCUT2D eigenvalue weighted by molar-refractivity contribution is -0.141. The number of halogens is 1. The molecule has 0 amide bonds. The smallest absolute Gasteiger partial charge is 0.307 e. The Morgan fingerprint density at radius 1 is 1.37 bits per heavy atom. The molecule has 4 nitrogen and oxygen atoms in total. The second kappa shape index (κ2) is 7.48. The van der Waals surface area contributed by atoms with Gasteiger partial charge >= 0.3 is 5.97 Å². The Hall–Kier alpha value is -1.10. The molecule has 0 aliphatic rings. The van der Waals surface area contributed by atoms with Crippen LogP contribution in [0, 0.1) is 5.92 Å². The van der Waals surface area contributed by atoms with E-state index >= 15 is 0 Å². The van der Waals surface area contributed by atoms with Crippen LogP contribution in [-0.4, -0.2) is 40.3 Å². The quantitative estimate of drug-likeness (QED) is 0.807. The molecule has 0 saturated carbocycles. The Morgan fingerprint density at radius 2 is 2.05 bits per heavy atom. The van der Waals surface area contributed by atoms with E-state index in [1.54, 1.807) is 19.9 Å². The third-order valence-corrected chi connectivity index (χ3v) is 3.01. The van der Waals surface area contributed by atoms with Crippen LogP contribution in [-0.2, 0) is 11.3 Å². The van der Waals surface area contributed by atoms with Gasteiger partial charge in [0.2, 0.25) is 0 Å². The van der Waals surface area contributed by atoms with E-state index in [1.165, 1.54) is 0 Å². The summed E-state index contributed by atoms with van der Waals surface area (Å²) in [5.41, 5.74) is 1.01. The van der Waals surface area contributed by atoms with E-state index in [0.29, 0.717) is 24.7 Å². The molecule has 0 aliphatic heterocycles. The zero-order chi connectivity index (χ0) is 14.4. The predicted molar refractivity (Wildman–Crippen MR) is 75.2 cm³/mol. The monoisotopic (exact) mass is 285 g/mol. The number of nitrogens with zero attached hydrogens (tertiary/aromatic N) is 1. The van der Waals surface area contributed by atoms with Crippen LogP contribution < -0.4 is 0 Å². The van der Waals surface area contributed by atoms with E-state index in [1.807, 2.05) is 23.1 Å².